The fraction of sp³-hybridized carbons (Fsp3) is 0.524. The summed E-state index contributed by atoms with van der Waals surface area (Å²) in [5.74, 6) is 0.892. The molecule has 0 unspecified atom stereocenters. The van der Waals surface area contributed by atoms with E-state index in [0.29, 0.717) is 0 Å². The maximum Gasteiger partial charge on any atom is 0.189 e. The van der Waals surface area contributed by atoms with E-state index in [1.165, 1.54) is 66.8 Å². The van der Waals surface area contributed by atoms with Crippen molar-refractivity contribution in [3.05, 3.63) is 46.1 Å². The van der Waals surface area contributed by atoms with Crippen LogP contribution in [-0.2, 0) is 18.6 Å². The number of hydrogen-bond donors (Lipinski definition) is 0. The lowest BCUT2D eigenvalue weighted by Crippen LogP contribution is -2.13. The second-order valence-corrected chi connectivity index (χ2v) is 9.90. The molecule has 26 heavy (non-hydrogen) atoms. The van der Waals surface area contributed by atoms with Gasteiger partial charge in [0.1, 0.15) is 5.03 Å². The second-order valence-electron chi connectivity index (χ2n) is 7.24. The normalized spacial score (nSPS) is 17.9. The van der Waals surface area contributed by atoms with E-state index in [9.17, 15) is 0 Å². The number of rotatable bonds is 5. The van der Waals surface area contributed by atoms with Crippen molar-refractivity contribution in [2.75, 3.05) is 0 Å². The van der Waals surface area contributed by atoms with Crippen LogP contribution in [0.5, 0.6) is 0 Å². The topological polar surface area (TPSA) is 25.8 Å². The molecule has 1 saturated carbocycles. The smallest absolute Gasteiger partial charge is 0.189 e. The van der Waals surface area contributed by atoms with Crippen LogP contribution in [0.3, 0.4) is 0 Å². The fourth-order valence-corrected chi connectivity index (χ4v) is 6.16. The second kappa shape index (κ2) is 8.99. The molecule has 0 N–H and O–H groups in total. The van der Waals surface area contributed by atoms with Gasteiger partial charge in [0.05, 0.1) is 0 Å². The number of hydrogen-bond acceptors (Lipinski definition) is 4. The molecule has 0 saturated heterocycles. The van der Waals surface area contributed by atoms with Gasteiger partial charge >= 0.3 is 0 Å². The van der Waals surface area contributed by atoms with Gasteiger partial charge in [-0.25, -0.2) is 9.97 Å². The average molecular weight is 405 g/mol. The first-order chi connectivity index (χ1) is 12.8. The van der Waals surface area contributed by atoms with Crippen LogP contribution in [0.25, 0.3) is 0 Å². The molecule has 1 aromatic heterocycles. The highest BCUT2D eigenvalue weighted by Crippen LogP contribution is 2.38. The van der Waals surface area contributed by atoms with Crippen molar-refractivity contribution < 1.29 is 0 Å². The van der Waals surface area contributed by atoms with Crippen molar-refractivity contribution in [1.29, 1.82) is 0 Å². The van der Waals surface area contributed by atoms with Crippen LogP contribution < -0.4 is 0 Å². The summed E-state index contributed by atoms with van der Waals surface area (Å²) in [6, 6.07) is 8.09. The SMILES string of the molecule is Clc1ccc(CSc2nc3c(c(SC4CCCCC4)n2)CCCC3)cc1. The number of fused-ring (bicyclic) bond motifs is 1. The standard InChI is InChI=1S/C21H25ClN2S2/c22-16-12-10-15(11-13-16)14-25-21-23-19-9-5-4-8-18(19)20(24-21)26-17-6-2-1-3-7-17/h10-13,17H,1-9,14H2. The highest BCUT2D eigenvalue weighted by Gasteiger charge is 2.22. The van der Waals surface area contributed by atoms with E-state index in [-0.39, 0.29) is 0 Å². The Labute approximate surface area is 169 Å². The lowest BCUT2D eigenvalue weighted by atomic mass is 9.98. The van der Waals surface area contributed by atoms with Crippen LogP contribution >= 0.6 is 35.1 Å². The Morgan fingerprint density at radius 2 is 1.69 bits per heavy atom. The zero-order valence-corrected chi connectivity index (χ0v) is 17.4. The molecule has 0 atom stereocenters. The van der Waals surface area contributed by atoms with Gasteiger partial charge in [-0.2, -0.15) is 0 Å². The first kappa shape index (κ1) is 18.6. The summed E-state index contributed by atoms with van der Waals surface area (Å²) >= 11 is 9.77. The minimum atomic E-state index is 0.749. The van der Waals surface area contributed by atoms with Crippen molar-refractivity contribution >= 4 is 35.1 Å². The molecule has 0 radical (unpaired) electrons. The van der Waals surface area contributed by atoms with Gasteiger partial charge in [-0.1, -0.05) is 54.8 Å². The van der Waals surface area contributed by atoms with E-state index >= 15 is 0 Å². The monoisotopic (exact) mass is 404 g/mol. The van der Waals surface area contributed by atoms with E-state index in [1.54, 1.807) is 11.8 Å². The summed E-state index contributed by atoms with van der Waals surface area (Å²) in [5, 5.41) is 3.76. The van der Waals surface area contributed by atoms with E-state index in [0.717, 1.165) is 34.0 Å². The molecule has 0 amide bonds. The Kier molecular flexibility index (Phi) is 6.44. The summed E-state index contributed by atoms with van der Waals surface area (Å²) < 4.78 is 0. The molecular weight excluding hydrogens is 380 g/mol. The predicted octanol–water partition coefficient (Wildman–Crippen LogP) is 6.73. The van der Waals surface area contributed by atoms with Gasteiger partial charge in [-0.05, 0) is 56.2 Å². The Hall–Kier alpha value is -0.710. The van der Waals surface area contributed by atoms with Crippen molar-refractivity contribution in [2.45, 2.75) is 79.0 Å². The Morgan fingerprint density at radius 1 is 0.923 bits per heavy atom. The Bertz CT molecular complexity index is 742. The minimum Gasteiger partial charge on any atom is -0.227 e. The largest absolute Gasteiger partial charge is 0.227 e. The number of halogens is 1. The molecule has 0 aliphatic heterocycles. The molecule has 1 aromatic carbocycles. The van der Waals surface area contributed by atoms with Crippen LogP contribution in [0.4, 0.5) is 0 Å². The van der Waals surface area contributed by atoms with Crippen molar-refractivity contribution in [3.8, 4) is 0 Å². The Morgan fingerprint density at radius 3 is 2.50 bits per heavy atom. The Balaban J connectivity index is 1.52. The van der Waals surface area contributed by atoms with Crippen molar-refractivity contribution in [1.82, 2.24) is 9.97 Å². The molecule has 2 aliphatic rings. The lowest BCUT2D eigenvalue weighted by Gasteiger charge is -2.24. The third kappa shape index (κ3) is 4.76. The van der Waals surface area contributed by atoms with Crippen molar-refractivity contribution in [2.24, 2.45) is 0 Å². The average Bonchev–Trinajstić information content (AvgIpc) is 2.68. The quantitative estimate of drug-likeness (QED) is 0.313. The van der Waals surface area contributed by atoms with Gasteiger partial charge in [0.25, 0.3) is 0 Å². The van der Waals surface area contributed by atoms with E-state index in [2.05, 4.69) is 12.1 Å². The van der Waals surface area contributed by atoms with Gasteiger partial charge in [0, 0.05) is 27.3 Å². The van der Waals surface area contributed by atoms with Gasteiger partial charge in [0.2, 0.25) is 0 Å². The molecular formula is C21H25ClN2S2. The molecule has 2 nitrogen and oxygen atoms in total. The van der Waals surface area contributed by atoms with E-state index < -0.39 is 0 Å². The van der Waals surface area contributed by atoms with Gasteiger partial charge in [0.15, 0.2) is 5.16 Å². The molecule has 2 aliphatic carbocycles. The van der Waals surface area contributed by atoms with Crippen LogP contribution in [0.15, 0.2) is 34.4 Å². The number of aryl methyl sites for hydroxylation is 1. The van der Waals surface area contributed by atoms with Crippen LogP contribution in [0, 0.1) is 0 Å². The highest BCUT2D eigenvalue weighted by molar-refractivity contribution is 8.00. The molecule has 2 aromatic rings. The van der Waals surface area contributed by atoms with E-state index in [4.69, 9.17) is 21.6 Å². The first-order valence-corrected chi connectivity index (χ1v) is 12.0. The highest BCUT2D eigenvalue weighted by atomic mass is 35.5. The third-order valence-corrected chi connectivity index (χ3v) is 7.77. The summed E-state index contributed by atoms with van der Waals surface area (Å²) in [4.78, 5) is 9.91. The molecule has 0 bridgehead atoms. The lowest BCUT2D eigenvalue weighted by molar-refractivity contribution is 0.515. The zero-order chi connectivity index (χ0) is 17.8. The zero-order valence-electron chi connectivity index (χ0n) is 15.0. The third-order valence-electron chi connectivity index (χ3n) is 5.24. The molecule has 1 heterocycles. The fourth-order valence-electron chi connectivity index (χ4n) is 3.77. The summed E-state index contributed by atoms with van der Waals surface area (Å²) in [5.41, 5.74) is 4.02. The van der Waals surface area contributed by atoms with Gasteiger partial charge in [-0.15, -0.1) is 11.8 Å². The maximum absolute atomic E-state index is 5.99. The number of benzene rings is 1. The molecule has 4 rings (SSSR count). The molecule has 0 spiro atoms. The van der Waals surface area contributed by atoms with Crippen LogP contribution in [0.1, 0.15) is 61.8 Å². The minimum absolute atomic E-state index is 0.749. The van der Waals surface area contributed by atoms with E-state index in [1.807, 2.05) is 23.9 Å². The predicted molar refractivity (Wildman–Crippen MR) is 112 cm³/mol. The molecule has 1 fully saturated rings. The maximum atomic E-state index is 5.99. The first-order valence-electron chi connectivity index (χ1n) is 9.71. The molecule has 5 heteroatoms. The van der Waals surface area contributed by atoms with Gasteiger partial charge < -0.3 is 0 Å². The number of aromatic nitrogens is 2. The summed E-state index contributed by atoms with van der Waals surface area (Å²) in [7, 11) is 0. The molecule has 138 valence electrons. The number of thioether (sulfide) groups is 2. The van der Waals surface area contributed by atoms with Gasteiger partial charge in [-0.3, -0.25) is 0 Å². The van der Waals surface area contributed by atoms with Crippen molar-refractivity contribution in [3.63, 3.8) is 0 Å². The van der Waals surface area contributed by atoms with Crippen LogP contribution in [-0.4, -0.2) is 15.2 Å². The van der Waals surface area contributed by atoms with Crippen LogP contribution in [0.2, 0.25) is 5.02 Å². The summed E-state index contributed by atoms with van der Waals surface area (Å²) in [6.07, 6.45) is 11.7. The number of nitrogens with zero attached hydrogens (tertiary/aromatic N) is 2. The summed E-state index contributed by atoms with van der Waals surface area (Å²) in [6.45, 7) is 0.